The van der Waals surface area contributed by atoms with E-state index < -0.39 is 17.9 Å². The normalized spacial score (nSPS) is 11.7. The Kier molecular flexibility index (Phi) is 4.90. The van der Waals surface area contributed by atoms with Crippen molar-refractivity contribution in [2.24, 2.45) is 0 Å². The summed E-state index contributed by atoms with van der Waals surface area (Å²) in [6.45, 7) is 0. The summed E-state index contributed by atoms with van der Waals surface area (Å²) in [6.07, 6.45) is 1.63. The zero-order chi connectivity index (χ0) is 15.2. The molecule has 0 saturated heterocycles. The second-order valence-electron chi connectivity index (χ2n) is 4.42. The van der Waals surface area contributed by atoms with Crippen LogP contribution in [-0.2, 0) is 11.2 Å². The van der Waals surface area contributed by atoms with Crippen molar-refractivity contribution < 1.29 is 14.7 Å². The second-order valence-corrected chi connectivity index (χ2v) is 4.81. The van der Waals surface area contributed by atoms with Crippen molar-refractivity contribution in [3.8, 4) is 0 Å². The number of aromatic nitrogens is 1. The Hall–Kier alpha value is -2.40. The molecule has 2 N–H and O–H groups in total. The molecule has 0 radical (unpaired) electrons. The van der Waals surface area contributed by atoms with Gasteiger partial charge in [-0.05, 0) is 23.8 Å². The Morgan fingerprint density at radius 3 is 2.48 bits per heavy atom. The van der Waals surface area contributed by atoms with Gasteiger partial charge in [0.25, 0.3) is 5.91 Å². The van der Waals surface area contributed by atoms with Gasteiger partial charge in [0.1, 0.15) is 11.2 Å². The number of rotatable bonds is 5. The van der Waals surface area contributed by atoms with E-state index in [4.69, 9.17) is 11.6 Å². The van der Waals surface area contributed by atoms with E-state index in [0.29, 0.717) is 16.3 Å². The molecule has 1 atom stereocenters. The number of amides is 1. The van der Waals surface area contributed by atoms with Crippen LogP contribution >= 0.6 is 11.6 Å². The van der Waals surface area contributed by atoms with Crippen LogP contribution in [0.25, 0.3) is 0 Å². The highest BCUT2D eigenvalue weighted by Gasteiger charge is 2.21. The van der Waals surface area contributed by atoms with Crippen LogP contribution in [0.2, 0.25) is 5.15 Å². The molecule has 0 aliphatic heterocycles. The fraction of sp³-hybridized carbons (Fsp3) is 0.133. The molecule has 1 heterocycles. The number of aliphatic carboxylic acids is 1. The fourth-order valence-electron chi connectivity index (χ4n) is 1.79. The number of carbonyl (C=O) groups is 2. The molecule has 2 aromatic rings. The smallest absolute Gasteiger partial charge is 0.326 e. The van der Waals surface area contributed by atoms with E-state index in [0.717, 1.165) is 0 Å². The summed E-state index contributed by atoms with van der Waals surface area (Å²) >= 11 is 5.68. The first-order valence-electron chi connectivity index (χ1n) is 6.25. The SMILES string of the molecule is O=C(NC(Cc1ccc(Cl)nc1)C(=O)O)c1ccccc1. The van der Waals surface area contributed by atoms with E-state index in [1.165, 1.54) is 6.20 Å². The molecular weight excluding hydrogens is 292 g/mol. The van der Waals surface area contributed by atoms with E-state index >= 15 is 0 Å². The largest absolute Gasteiger partial charge is 0.480 e. The minimum Gasteiger partial charge on any atom is -0.480 e. The third-order valence-corrected chi connectivity index (χ3v) is 3.09. The molecular formula is C15H13ClN2O3. The zero-order valence-corrected chi connectivity index (χ0v) is 11.7. The average molecular weight is 305 g/mol. The Morgan fingerprint density at radius 1 is 1.19 bits per heavy atom. The Bertz CT molecular complexity index is 629. The molecule has 1 unspecified atom stereocenters. The lowest BCUT2D eigenvalue weighted by Gasteiger charge is -2.14. The highest BCUT2D eigenvalue weighted by atomic mass is 35.5. The number of nitrogens with one attached hydrogen (secondary N) is 1. The first-order valence-corrected chi connectivity index (χ1v) is 6.63. The highest BCUT2D eigenvalue weighted by Crippen LogP contribution is 2.08. The lowest BCUT2D eigenvalue weighted by Crippen LogP contribution is -2.42. The molecule has 1 aromatic heterocycles. The van der Waals surface area contributed by atoms with Crippen LogP contribution in [0.5, 0.6) is 0 Å². The minimum absolute atomic E-state index is 0.137. The van der Waals surface area contributed by atoms with Gasteiger partial charge < -0.3 is 10.4 Å². The summed E-state index contributed by atoms with van der Waals surface area (Å²) in [5, 5.41) is 12.1. The average Bonchev–Trinajstić information content (AvgIpc) is 2.49. The molecule has 0 aliphatic rings. The van der Waals surface area contributed by atoms with Crippen LogP contribution in [0.3, 0.4) is 0 Å². The molecule has 0 saturated carbocycles. The number of carbonyl (C=O) groups excluding carboxylic acids is 1. The first kappa shape index (κ1) is 15.0. The summed E-state index contributed by atoms with van der Waals surface area (Å²) in [7, 11) is 0. The quantitative estimate of drug-likeness (QED) is 0.830. The van der Waals surface area contributed by atoms with E-state index in [1.807, 2.05) is 0 Å². The molecule has 0 aliphatic carbocycles. The van der Waals surface area contributed by atoms with Crippen LogP contribution in [0, 0.1) is 0 Å². The van der Waals surface area contributed by atoms with Gasteiger partial charge in [-0.2, -0.15) is 0 Å². The van der Waals surface area contributed by atoms with Crippen molar-refractivity contribution in [2.45, 2.75) is 12.5 Å². The van der Waals surface area contributed by atoms with Gasteiger partial charge in [-0.3, -0.25) is 4.79 Å². The van der Waals surface area contributed by atoms with Crippen LogP contribution in [-0.4, -0.2) is 28.0 Å². The maximum Gasteiger partial charge on any atom is 0.326 e. The molecule has 6 heteroatoms. The van der Waals surface area contributed by atoms with Crippen LogP contribution in [0.4, 0.5) is 0 Å². The van der Waals surface area contributed by atoms with Gasteiger partial charge in [-0.1, -0.05) is 35.9 Å². The zero-order valence-electron chi connectivity index (χ0n) is 11.0. The predicted molar refractivity (Wildman–Crippen MR) is 78.3 cm³/mol. The monoisotopic (exact) mass is 304 g/mol. The molecule has 1 amide bonds. The maximum atomic E-state index is 12.0. The molecule has 5 nitrogen and oxygen atoms in total. The van der Waals surface area contributed by atoms with E-state index in [9.17, 15) is 14.7 Å². The lowest BCUT2D eigenvalue weighted by atomic mass is 10.1. The standard InChI is InChI=1S/C15H13ClN2O3/c16-13-7-6-10(9-17-13)8-12(15(20)21)18-14(19)11-4-2-1-3-5-11/h1-7,9,12H,8H2,(H,18,19)(H,20,21). The van der Waals surface area contributed by atoms with E-state index in [-0.39, 0.29) is 6.42 Å². The Labute approximate surface area is 126 Å². The van der Waals surface area contributed by atoms with Crippen molar-refractivity contribution in [3.63, 3.8) is 0 Å². The van der Waals surface area contributed by atoms with Crippen molar-refractivity contribution in [2.75, 3.05) is 0 Å². The number of carboxylic acids is 1. The molecule has 0 bridgehead atoms. The van der Waals surface area contributed by atoms with Crippen molar-refractivity contribution in [3.05, 3.63) is 64.9 Å². The van der Waals surface area contributed by atoms with Gasteiger partial charge in [0.05, 0.1) is 0 Å². The molecule has 1 aromatic carbocycles. The Morgan fingerprint density at radius 2 is 1.90 bits per heavy atom. The van der Waals surface area contributed by atoms with Crippen molar-refractivity contribution in [1.82, 2.24) is 10.3 Å². The summed E-state index contributed by atoms with van der Waals surface area (Å²) in [5.74, 6) is -1.53. The van der Waals surface area contributed by atoms with E-state index in [2.05, 4.69) is 10.3 Å². The van der Waals surface area contributed by atoms with Crippen LogP contribution < -0.4 is 5.32 Å². The van der Waals surface area contributed by atoms with Gasteiger partial charge in [0.15, 0.2) is 0 Å². The van der Waals surface area contributed by atoms with Crippen LogP contribution in [0.1, 0.15) is 15.9 Å². The fourth-order valence-corrected chi connectivity index (χ4v) is 1.91. The molecule has 0 fully saturated rings. The summed E-state index contributed by atoms with van der Waals surface area (Å²) < 4.78 is 0. The number of benzene rings is 1. The topological polar surface area (TPSA) is 79.3 Å². The highest BCUT2D eigenvalue weighted by molar-refractivity contribution is 6.29. The third-order valence-electron chi connectivity index (χ3n) is 2.87. The second kappa shape index (κ2) is 6.85. The Balaban J connectivity index is 2.07. The van der Waals surface area contributed by atoms with Gasteiger partial charge in [-0.25, -0.2) is 9.78 Å². The number of hydrogen-bond donors (Lipinski definition) is 2. The molecule has 108 valence electrons. The van der Waals surface area contributed by atoms with Gasteiger partial charge in [-0.15, -0.1) is 0 Å². The summed E-state index contributed by atoms with van der Waals surface area (Å²) in [4.78, 5) is 27.2. The van der Waals surface area contributed by atoms with Gasteiger partial charge in [0.2, 0.25) is 0 Å². The number of pyridine rings is 1. The van der Waals surface area contributed by atoms with E-state index in [1.54, 1.807) is 42.5 Å². The molecule has 21 heavy (non-hydrogen) atoms. The number of nitrogens with zero attached hydrogens (tertiary/aromatic N) is 1. The third kappa shape index (κ3) is 4.29. The predicted octanol–water partition coefficient (Wildman–Crippen LogP) is 2.16. The minimum atomic E-state index is -1.10. The van der Waals surface area contributed by atoms with Crippen molar-refractivity contribution >= 4 is 23.5 Å². The van der Waals surface area contributed by atoms with Crippen LogP contribution in [0.15, 0.2) is 48.7 Å². The number of carboxylic acid groups (broad SMARTS) is 1. The number of hydrogen-bond acceptors (Lipinski definition) is 3. The van der Waals surface area contributed by atoms with Gasteiger partial charge >= 0.3 is 5.97 Å². The molecule has 2 rings (SSSR count). The molecule has 0 spiro atoms. The first-order chi connectivity index (χ1) is 10.1. The van der Waals surface area contributed by atoms with Crippen molar-refractivity contribution in [1.29, 1.82) is 0 Å². The van der Waals surface area contributed by atoms with Gasteiger partial charge in [0, 0.05) is 18.2 Å². The lowest BCUT2D eigenvalue weighted by molar-refractivity contribution is -0.139. The maximum absolute atomic E-state index is 12.0. The summed E-state index contributed by atoms with van der Waals surface area (Å²) in [5.41, 5.74) is 1.10. The summed E-state index contributed by atoms with van der Waals surface area (Å²) in [6, 6.07) is 10.7. The number of halogens is 1.